The summed E-state index contributed by atoms with van der Waals surface area (Å²) < 4.78 is 31.8. The van der Waals surface area contributed by atoms with Gasteiger partial charge in [-0.3, -0.25) is 9.59 Å². The van der Waals surface area contributed by atoms with Gasteiger partial charge in [0.25, 0.3) is 0 Å². The molecular weight excluding hydrogens is 306 g/mol. The van der Waals surface area contributed by atoms with E-state index in [1.54, 1.807) is 24.3 Å². The van der Waals surface area contributed by atoms with Crippen LogP contribution in [0.15, 0.2) is 42.5 Å². The first-order valence-electron chi connectivity index (χ1n) is 6.67. The molecule has 0 saturated carbocycles. The van der Waals surface area contributed by atoms with Crippen LogP contribution >= 0.6 is 0 Å². The molecule has 120 valence electrons. The minimum atomic E-state index is -1.15. The van der Waals surface area contributed by atoms with Gasteiger partial charge < -0.3 is 15.4 Å². The number of halogens is 2. The van der Waals surface area contributed by atoms with Gasteiger partial charge in [-0.25, -0.2) is 8.78 Å². The maximum absolute atomic E-state index is 13.4. The third-order valence-corrected chi connectivity index (χ3v) is 3.02. The lowest BCUT2D eigenvalue weighted by Gasteiger charge is -2.08. The number of nitrogens with one attached hydrogen (secondary N) is 2. The Morgan fingerprint density at radius 2 is 1.61 bits per heavy atom. The summed E-state index contributed by atoms with van der Waals surface area (Å²) in [6, 6.07) is 9.96. The van der Waals surface area contributed by atoms with Crippen LogP contribution in [0.1, 0.15) is 5.56 Å². The maximum Gasteiger partial charge on any atom is 0.313 e. The van der Waals surface area contributed by atoms with E-state index in [0.717, 1.165) is 23.8 Å². The van der Waals surface area contributed by atoms with Crippen molar-refractivity contribution in [3.8, 4) is 5.75 Å². The van der Waals surface area contributed by atoms with E-state index >= 15 is 0 Å². The summed E-state index contributed by atoms with van der Waals surface area (Å²) in [7, 11) is 1.53. The number of anilines is 1. The fourth-order valence-corrected chi connectivity index (χ4v) is 1.79. The summed E-state index contributed by atoms with van der Waals surface area (Å²) >= 11 is 0. The highest BCUT2D eigenvalue weighted by Crippen LogP contribution is 2.17. The first-order valence-corrected chi connectivity index (χ1v) is 6.67. The van der Waals surface area contributed by atoms with Crippen LogP contribution in [0.5, 0.6) is 5.75 Å². The van der Waals surface area contributed by atoms with E-state index in [0.29, 0.717) is 5.75 Å². The average Bonchev–Trinajstić information content (AvgIpc) is 2.56. The van der Waals surface area contributed by atoms with Crippen LogP contribution in [-0.4, -0.2) is 18.9 Å². The molecule has 0 bridgehead atoms. The lowest BCUT2D eigenvalue weighted by atomic mass is 10.2. The number of amides is 2. The highest BCUT2D eigenvalue weighted by atomic mass is 19.1. The van der Waals surface area contributed by atoms with Crippen molar-refractivity contribution in [1.29, 1.82) is 0 Å². The summed E-state index contributed by atoms with van der Waals surface area (Å²) in [5, 5.41) is 4.27. The second-order valence-corrected chi connectivity index (χ2v) is 4.58. The minimum Gasteiger partial charge on any atom is -0.497 e. The van der Waals surface area contributed by atoms with E-state index < -0.39 is 29.1 Å². The van der Waals surface area contributed by atoms with Crippen LogP contribution in [-0.2, 0) is 16.1 Å². The zero-order chi connectivity index (χ0) is 16.8. The number of methoxy groups -OCH3 is 1. The molecule has 7 heteroatoms. The lowest BCUT2D eigenvalue weighted by molar-refractivity contribution is -0.136. The Kier molecular flexibility index (Phi) is 5.24. The molecule has 2 rings (SSSR count). The molecule has 2 aromatic rings. The van der Waals surface area contributed by atoms with Crippen LogP contribution < -0.4 is 15.4 Å². The molecule has 0 aromatic heterocycles. The Morgan fingerprint density at radius 1 is 1.00 bits per heavy atom. The summed E-state index contributed by atoms with van der Waals surface area (Å²) in [5.41, 5.74) is 0.0844. The molecule has 0 atom stereocenters. The third kappa shape index (κ3) is 4.26. The van der Waals surface area contributed by atoms with Crippen molar-refractivity contribution in [3.05, 3.63) is 59.7 Å². The van der Waals surface area contributed by atoms with Crippen molar-refractivity contribution in [2.75, 3.05) is 12.4 Å². The molecule has 2 amide bonds. The van der Waals surface area contributed by atoms with Crippen LogP contribution in [0.25, 0.3) is 0 Å². The highest BCUT2D eigenvalue weighted by molar-refractivity contribution is 6.39. The van der Waals surface area contributed by atoms with Gasteiger partial charge in [0.15, 0.2) is 0 Å². The van der Waals surface area contributed by atoms with Crippen molar-refractivity contribution < 1.29 is 23.1 Å². The maximum atomic E-state index is 13.4. The second kappa shape index (κ2) is 7.35. The summed E-state index contributed by atoms with van der Waals surface area (Å²) in [5.74, 6) is -3.40. The number of ether oxygens (including phenoxy) is 1. The summed E-state index contributed by atoms with van der Waals surface area (Å²) in [6.07, 6.45) is 0. The smallest absolute Gasteiger partial charge is 0.313 e. The number of hydrogen-bond acceptors (Lipinski definition) is 3. The molecule has 5 nitrogen and oxygen atoms in total. The molecule has 0 saturated heterocycles. The van der Waals surface area contributed by atoms with E-state index in [4.69, 9.17) is 4.74 Å². The van der Waals surface area contributed by atoms with Crippen molar-refractivity contribution in [2.24, 2.45) is 0 Å². The Hall–Kier alpha value is -2.96. The van der Waals surface area contributed by atoms with Gasteiger partial charge in [0.05, 0.1) is 7.11 Å². The van der Waals surface area contributed by atoms with E-state index in [-0.39, 0.29) is 6.54 Å². The third-order valence-electron chi connectivity index (χ3n) is 3.02. The van der Waals surface area contributed by atoms with E-state index in [1.165, 1.54) is 7.11 Å². The normalized spacial score (nSPS) is 10.0. The topological polar surface area (TPSA) is 67.4 Å². The van der Waals surface area contributed by atoms with Gasteiger partial charge in [-0.1, -0.05) is 18.2 Å². The first kappa shape index (κ1) is 16.4. The Balaban J connectivity index is 1.93. The van der Waals surface area contributed by atoms with Crippen LogP contribution in [0.4, 0.5) is 14.5 Å². The fraction of sp³-hybridized carbons (Fsp3) is 0.125. The van der Waals surface area contributed by atoms with Gasteiger partial charge in [0, 0.05) is 6.54 Å². The summed E-state index contributed by atoms with van der Waals surface area (Å²) in [6.45, 7) is 0.0933. The van der Waals surface area contributed by atoms with Crippen molar-refractivity contribution in [1.82, 2.24) is 5.32 Å². The van der Waals surface area contributed by atoms with Crippen molar-refractivity contribution >= 4 is 17.5 Å². The predicted molar refractivity (Wildman–Crippen MR) is 79.8 cm³/mol. The molecule has 0 fully saturated rings. The predicted octanol–water partition coefficient (Wildman–Crippen LogP) is 2.23. The van der Waals surface area contributed by atoms with E-state index in [2.05, 4.69) is 5.32 Å². The number of benzene rings is 2. The molecule has 23 heavy (non-hydrogen) atoms. The van der Waals surface area contributed by atoms with Gasteiger partial charge in [0.1, 0.15) is 23.1 Å². The number of para-hydroxylation sites is 1. The van der Waals surface area contributed by atoms with E-state index in [9.17, 15) is 18.4 Å². The Labute approximate surface area is 131 Å². The monoisotopic (exact) mass is 320 g/mol. The molecular formula is C16H14F2N2O3. The minimum absolute atomic E-state index is 0.0933. The van der Waals surface area contributed by atoms with Gasteiger partial charge in [-0.05, 0) is 29.8 Å². The van der Waals surface area contributed by atoms with Crippen LogP contribution in [0, 0.1) is 11.6 Å². The highest BCUT2D eigenvalue weighted by Gasteiger charge is 2.17. The quantitative estimate of drug-likeness (QED) is 0.849. The SMILES string of the molecule is COc1ccc(CNC(=O)C(=O)Nc2c(F)cccc2F)cc1. The molecule has 0 aliphatic carbocycles. The molecule has 0 radical (unpaired) electrons. The number of rotatable bonds is 4. The second-order valence-electron chi connectivity index (χ2n) is 4.58. The van der Waals surface area contributed by atoms with Crippen molar-refractivity contribution in [3.63, 3.8) is 0 Å². The standard InChI is InChI=1S/C16H14F2N2O3/c1-23-11-7-5-10(6-8-11)9-19-15(21)16(22)20-14-12(17)3-2-4-13(14)18/h2-8H,9H2,1H3,(H,19,21)(H,20,22). The van der Waals surface area contributed by atoms with Gasteiger partial charge >= 0.3 is 11.8 Å². The largest absolute Gasteiger partial charge is 0.497 e. The van der Waals surface area contributed by atoms with E-state index in [1.807, 2.05) is 5.32 Å². The lowest BCUT2D eigenvalue weighted by Crippen LogP contribution is -2.35. The Morgan fingerprint density at radius 3 is 2.17 bits per heavy atom. The molecule has 0 heterocycles. The van der Waals surface area contributed by atoms with Gasteiger partial charge in [-0.15, -0.1) is 0 Å². The number of carbonyl (C=O) groups excluding carboxylic acids is 2. The van der Waals surface area contributed by atoms with Crippen LogP contribution in [0.3, 0.4) is 0 Å². The molecule has 0 unspecified atom stereocenters. The van der Waals surface area contributed by atoms with Crippen molar-refractivity contribution in [2.45, 2.75) is 6.54 Å². The zero-order valence-electron chi connectivity index (χ0n) is 12.2. The fourth-order valence-electron chi connectivity index (χ4n) is 1.79. The summed E-state index contributed by atoms with van der Waals surface area (Å²) in [4.78, 5) is 23.3. The molecule has 0 aliphatic rings. The first-order chi connectivity index (χ1) is 11.0. The number of hydrogen-bond donors (Lipinski definition) is 2. The van der Waals surface area contributed by atoms with Gasteiger partial charge in [-0.2, -0.15) is 0 Å². The Bertz CT molecular complexity index is 698. The van der Waals surface area contributed by atoms with Gasteiger partial charge in [0.2, 0.25) is 0 Å². The molecule has 0 spiro atoms. The van der Waals surface area contributed by atoms with Crippen LogP contribution in [0.2, 0.25) is 0 Å². The number of carbonyl (C=O) groups is 2. The zero-order valence-corrected chi connectivity index (χ0v) is 12.2. The average molecular weight is 320 g/mol. The molecule has 2 N–H and O–H groups in total. The molecule has 0 aliphatic heterocycles. The molecule has 2 aromatic carbocycles.